The molecule has 0 saturated heterocycles. The predicted octanol–water partition coefficient (Wildman–Crippen LogP) is 12.4. The molecule has 0 rings (SSSR count). The van der Waals surface area contributed by atoms with Gasteiger partial charge in [0.25, 0.3) is 0 Å². The number of esters is 2. The Morgan fingerprint density at radius 3 is 1.14 bits per heavy atom. The second-order valence-corrected chi connectivity index (χ2v) is 18.4. The van der Waals surface area contributed by atoms with Gasteiger partial charge in [0.05, 0.1) is 25.8 Å². The van der Waals surface area contributed by atoms with Gasteiger partial charge in [-0.25, -0.2) is 0 Å². The second-order valence-electron chi connectivity index (χ2n) is 18.4. The van der Waals surface area contributed by atoms with Crippen LogP contribution in [0.5, 0.6) is 0 Å². The molecule has 0 aliphatic rings. The number of hydrogen-bond donors (Lipinski definition) is 2. The number of likely N-dealkylation sites (N-methyl/N-ethyl adjacent to an activating group) is 1. The van der Waals surface area contributed by atoms with Gasteiger partial charge in [0.2, 0.25) is 0 Å². The molecule has 0 aliphatic heterocycles. The first-order valence-corrected chi connectivity index (χ1v) is 25.0. The maximum Gasteiger partial charge on any atom is 0.306 e. The summed E-state index contributed by atoms with van der Waals surface area (Å²) in [5.41, 5.74) is 0. The lowest BCUT2D eigenvalue weighted by molar-refractivity contribution is -0.914. The lowest BCUT2D eigenvalue weighted by Crippen LogP contribution is -2.56. The summed E-state index contributed by atoms with van der Waals surface area (Å²) in [5.74, 6) is -0.295. The predicted molar refractivity (Wildman–Crippen MR) is 251 cm³/mol. The van der Waals surface area contributed by atoms with E-state index < -0.39 is 12.2 Å². The molecule has 0 saturated carbocycles. The van der Waals surface area contributed by atoms with Crippen molar-refractivity contribution in [2.75, 3.05) is 46.3 Å². The van der Waals surface area contributed by atoms with Crippen molar-refractivity contribution in [1.82, 2.24) is 4.90 Å². The van der Waals surface area contributed by atoms with Crippen LogP contribution in [0.3, 0.4) is 0 Å². The molecule has 0 heterocycles. The van der Waals surface area contributed by atoms with Crippen molar-refractivity contribution in [2.24, 2.45) is 0 Å². The molecule has 0 radical (unpaired) electrons. The van der Waals surface area contributed by atoms with Crippen LogP contribution < -0.4 is 0 Å². The fraction of sp³-hybridized carbons (Fsp3) is 0.882. The number of ether oxygens (including phenoxy) is 2. The number of unbranched alkanes of at least 4 members (excludes halogenated alkanes) is 22. The number of nitrogens with zero attached hydrogens (tertiary/aromatic N) is 2. The highest BCUT2D eigenvalue weighted by Gasteiger charge is 2.31. The molecular formula is C51H99N2O6+. The van der Waals surface area contributed by atoms with Gasteiger partial charge in [-0.1, -0.05) is 141 Å². The number of aliphatic hydroxyl groups is 2. The summed E-state index contributed by atoms with van der Waals surface area (Å²) in [7, 11) is 2.13. The summed E-state index contributed by atoms with van der Waals surface area (Å²) in [5, 5.41) is 20.2. The Balaban J connectivity index is 4.66. The average molecular weight is 836 g/mol. The largest absolute Gasteiger partial charge is 0.457 e. The van der Waals surface area contributed by atoms with Gasteiger partial charge in [-0.3, -0.25) is 14.5 Å². The molecule has 0 aromatic rings. The number of hydrogen-bond acceptors (Lipinski definition) is 7. The molecule has 8 heteroatoms. The van der Waals surface area contributed by atoms with Crippen LogP contribution in [-0.4, -0.2) is 102 Å². The fourth-order valence-corrected chi connectivity index (χ4v) is 8.21. The Bertz CT molecular complexity index is 942. The van der Waals surface area contributed by atoms with Crippen molar-refractivity contribution in [1.29, 1.82) is 0 Å². The summed E-state index contributed by atoms with van der Waals surface area (Å²) in [6.07, 6.45) is 40.5. The minimum Gasteiger partial charge on any atom is -0.457 e. The number of allylic oxidation sites excluding steroid dienone is 4. The zero-order chi connectivity index (χ0) is 43.8. The van der Waals surface area contributed by atoms with Gasteiger partial charge in [0.15, 0.2) is 0 Å². The van der Waals surface area contributed by atoms with Crippen LogP contribution in [0.1, 0.15) is 221 Å². The quantitative estimate of drug-likeness (QED) is 0.0273. The summed E-state index contributed by atoms with van der Waals surface area (Å²) >= 11 is 0. The van der Waals surface area contributed by atoms with E-state index in [9.17, 15) is 19.8 Å². The topological polar surface area (TPSA) is 96.3 Å². The Morgan fingerprint density at radius 1 is 0.508 bits per heavy atom. The molecule has 59 heavy (non-hydrogen) atoms. The molecule has 4 unspecified atom stereocenters. The second kappa shape index (κ2) is 40.3. The summed E-state index contributed by atoms with van der Waals surface area (Å²) in [6, 6.07) is 0. The van der Waals surface area contributed by atoms with Gasteiger partial charge in [0, 0.05) is 32.5 Å². The average Bonchev–Trinajstić information content (AvgIpc) is 3.16. The molecule has 0 aromatic heterocycles. The molecule has 0 spiro atoms. The van der Waals surface area contributed by atoms with Crippen molar-refractivity contribution >= 4 is 11.9 Å². The van der Waals surface area contributed by atoms with E-state index in [-0.39, 0.29) is 24.1 Å². The fourth-order valence-electron chi connectivity index (χ4n) is 8.21. The monoisotopic (exact) mass is 836 g/mol. The third-order valence-corrected chi connectivity index (χ3v) is 11.3. The third-order valence-electron chi connectivity index (χ3n) is 11.3. The SMILES string of the molecule is CCCCCCCC/C=C\CCCCCCCC(=O)OC(C)C[N+](C)(CCN(CC(C)O)CC(C)O)CC(C)OC(=O)CCCCCCC/C=C\CCCCCCCC. The first-order valence-electron chi connectivity index (χ1n) is 25.0. The normalized spacial score (nSPS) is 15.2. The molecule has 4 atom stereocenters. The molecule has 0 bridgehead atoms. The first kappa shape index (κ1) is 57.3. The number of carbonyl (C=O) groups is 2. The van der Waals surface area contributed by atoms with Gasteiger partial charge in [-0.05, 0) is 91.9 Å². The van der Waals surface area contributed by atoms with Gasteiger partial charge in [0.1, 0.15) is 25.3 Å². The number of carbonyl (C=O) groups excluding carboxylic acids is 2. The Hall–Kier alpha value is -1.74. The molecule has 0 fully saturated rings. The maximum absolute atomic E-state index is 12.9. The van der Waals surface area contributed by atoms with Gasteiger partial charge in [-0.2, -0.15) is 0 Å². The zero-order valence-electron chi connectivity index (χ0n) is 40.1. The third kappa shape index (κ3) is 40.1. The standard InChI is InChI=1S/C51H99N2O6/c1-8-10-12-14-16-18-20-22-24-26-28-30-32-34-36-38-50(56)58-48(5)44-53(7,41-40-52(42-46(3)54)43-47(4)55)45-49(6)59-51(57)39-37-35-33-31-29-27-25-23-21-19-17-15-13-11-9-2/h22-25,46-49,54-55H,8-21,26-45H2,1-7H3/q+1/b24-22-,25-23-. The van der Waals surface area contributed by atoms with Crippen molar-refractivity contribution in [3.8, 4) is 0 Å². The van der Waals surface area contributed by atoms with Crippen LogP contribution in [-0.2, 0) is 19.1 Å². The van der Waals surface area contributed by atoms with E-state index in [0.717, 1.165) is 51.4 Å². The number of aliphatic hydroxyl groups excluding tert-OH is 2. The summed E-state index contributed by atoms with van der Waals surface area (Å²) in [6.45, 7) is 15.4. The van der Waals surface area contributed by atoms with Crippen LogP contribution in [0, 0.1) is 0 Å². The molecule has 0 aromatic carbocycles. The highest BCUT2D eigenvalue weighted by atomic mass is 16.5. The van der Waals surface area contributed by atoms with E-state index in [1.54, 1.807) is 13.8 Å². The van der Waals surface area contributed by atoms with Crippen LogP contribution >= 0.6 is 0 Å². The minimum absolute atomic E-state index is 0.147. The van der Waals surface area contributed by atoms with Gasteiger partial charge >= 0.3 is 11.9 Å². The lowest BCUT2D eigenvalue weighted by atomic mass is 10.1. The molecule has 0 amide bonds. The van der Waals surface area contributed by atoms with Crippen molar-refractivity contribution in [3.63, 3.8) is 0 Å². The van der Waals surface area contributed by atoms with Crippen molar-refractivity contribution < 1.29 is 33.8 Å². The van der Waals surface area contributed by atoms with E-state index in [1.165, 1.54) is 116 Å². The van der Waals surface area contributed by atoms with E-state index in [4.69, 9.17) is 9.47 Å². The molecule has 0 aliphatic carbocycles. The Morgan fingerprint density at radius 2 is 0.814 bits per heavy atom. The summed E-state index contributed by atoms with van der Waals surface area (Å²) in [4.78, 5) is 27.8. The van der Waals surface area contributed by atoms with Crippen LogP contribution in [0.4, 0.5) is 0 Å². The summed E-state index contributed by atoms with van der Waals surface area (Å²) < 4.78 is 12.4. The van der Waals surface area contributed by atoms with Gasteiger partial charge in [-0.15, -0.1) is 0 Å². The molecule has 2 N–H and O–H groups in total. The maximum atomic E-state index is 12.9. The number of quaternary nitrogens is 1. The minimum atomic E-state index is -0.514. The Labute approximate surface area is 365 Å². The van der Waals surface area contributed by atoms with Crippen LogP contribution in [0.25, 0.3) is 0 Å². The molecule has 8 nitrogen and oxygen atoms in total. The van der Waals surface area contributed by atoms with Crippen molar-refractivity contribution in [2.45, 2.75) is 246 Å². The van der Waals surface area contributed by atoms with E-state index >= 15 is 0 Å². The highest BCUT2D eigenvalue weighted by Crippen LogP contribution is 2.16. The highest BCUT2D eigenvalue weighted by molar-refractivity contribution is 5.69. The van der Waals surface area contributed by atoms with Gasteiger partial charge < -0.3 is 24.2 Å². The smallest absolute Gasteiger partial charge is 0.306 e. The van der Waals surface area contributed by atoms with E-state index in [2.05, 4.69) is 50.1 Å². The lowest BCUT2D eigenvalue weighted by Gasteiger charge is -2.39. The van der Waals surface area contributed by atoms with Crippen molar-refractivity contribution in [3.05, 3.63) is 24.3 Å². The molecule has 348 valence electrons. The Kier molecular flexibility index (Phi) is 39.1. The zero-order valence-corrected chi connectivity index (χ0v) is 40.1. The van der Waals surface area contributed by atoms with E-state index in [0.29, 0.717) is 56.6 Å². The van der Waals surface area contributed by atoms with Crippen LogP contribution in [0.2, 0.25) is 0 Å². The first-order chi connectivity index (χ1) is 28.4. The van der Waals surface area contributed by atoms with Crippen LogP contribution in [0.15, 0.2) is 24.3 Å². The molecular weight excluding hydrogens is 737 g/mol. The van der Waals surface area contributed by atoms with E-state index in [1.807, 2.05) is 13.8 Å². The number of rotatable bonds is 43.